The predicted octanol–water partition coefficient (Wildman–Crippen LogP) is 2.41. The van der Waals surface area contributed by atoms with Crippen LogP contribution in [0.4, 0.5) is 0 Å². The van der Waals surface area contributed by atoms with Crippen molar-refractivity contribution in [1.82, 2.24) is 4.90 Å². The summed E-state index contributed by atoms with van der Waals surface area (Å²) in [7, 11) is -1.48. The lowest BCUT2D eigenvalue weighted by Gasteiger charge is -2.25. The number of hydrogen-bond acceptors (Lipinski definition) is 3. The fourth-order valence-corrected chi connectivity index (χ4v) is 3.36. The molecule has 0 saturated heterocycles. The van der Waals surface area contributed by atoms with E-state index in [-0.39, 0.29) is 16.8 Å². The van der Waals surface area contributed by atoms with Gasteiger partial charge in [0.2, 0.25) is 0 Å². The van der Waals surface area contributed by atoms with Crippen LogP contribution in [0.1, 0.15) is 41.6 Å². The maximum atomic E-state index is 12.6. The Hall–Kier alpha value is -1.36. The van der Waals surface area contributed by atoms with Crippen LogP contribution in [0.5, 0.6) is 0 Å². The van der Waals surface area contributed by atoms with Crippen LogP contribution >= 0.6 is 0 Å². The molecule has 0 radical (unpaired) electrons. The molecule has 1 saturated carbocycles. The molecule has 110 valence electrons. The van der Waals surface area contributed by atoms with Crippen LogP contribution in [-0.4, -0.2) is 38.6 Å². The maximum Gasteiger partial charge on any atom is 0.254 e. The molecule has 0 atom stereocenters. The fraction of sp³-hybridized carbons (Fsp3) is 0.533. The molecule has 5 heteroatoms. The summed E-state index contributed by atoms with van der Waals surface area (Å²) in [5.41, 5.74) is 1.30. The van der Waals surface area contributed by atoms with Crippen LogP contribution in [0, 0.1) is 6.92 Å². The first-order chi connectivity index (χ1) is 9.30. The van der Waals surface area contributed by atoms with Crippen LogP contribution in [0.25, 0.3) is 0 Å². The number of aryl methyl sites for hydroxylation is 1. The number of rotatable bonds is 3. The van der Waals surface area contributed by atoms with E-state index in [9.17, 15) is 13.2 Å². The van der Waals surface area contributed by atoms with E-state index >= 15 is 0 Å². The molecule has 0 N–H and O–H groups in total. The second kappa shape index (κ2) is 5.56. The van der Waals surface area contributed by atoms with Crippen LogP contribution < -0.4 is 0 Å². The van der Waals surface area contributed by atoms with Crippen molar-refractivity contribution in [2.24, 2.45) is 0 Å². The van der Waals surface area contributed by atoms with Gasteiger partial charge in [0, 0.05) is 24.9 Å². The van der Waals surface area contributed by atoms with E-state index in [0.717, 1.165) is 37.5 Å². The van der Waals surface area contributed by atoms with Crippen molar-refractivity contribution >= 4 is 15.7 Å². The van der Waals surface area contributed by atoms with Gasteiger partial charge in [-0.05, 0) is 37.5 Å². The van der Waals surface area contributed by atoms with Crippen molar-refractivity contribution in [2.45, 2.75) is 43.5 Å². The van der Waals surface area contributed by atoms with Gasteiger partial charge in [-0.2, -0.15) is 0 Å². The van der Waals surface area contributed by atoms with Gasteiger partial charge in [-0.3, -0.25) is 4.79 Å². The molecule has 1 aromatic rings. The Bertz CT molecular complexity index is 616. The van der Waals surface area contributed by atoms with Crippen LogP contribution in [0.15, 0.2) is 23.1 Å². The zero-order valence-corrected chi connectivity index (χ0v) is 13.0. The molecule has 2 rings (SSSR count). The minimum atomic E-state index is -3.29. The summed E-state index contributed by atoms with van der Waals surface area (Å²) in [5.74, 6) is -0.0834. The van der Waals surface area contributed by atoms with Crippen molar-refractivity contribution < 1.29 is 13.2 Å². The Kier molecular flexibility index (Phi) is 4.18. The summed E-state index contributed by atoms with van der Waals surface area (Å²) in [4.78, 5) is 14.5. The van der Waals surface area contributed by atoms with E-state index in [0.29, 0.717) is 5.56 Å². The molecule has 1 fully saturated rings. The van der Waals surface area contributed by atoms with Crippen molar-refractivity contribution in [3.8, 4) is 0 Å². The molecular weight excluding hydrogens is 274 g/mol. The third-order valence-corrected chi connectivity index (χ3v) is 5.17. The Morgan fingerprint density at radius 1 is 1.25 bits per heavy atom. The summed E-state index contributed by atoms with van der Waals surface area (Å²) >= 11 is 0. The molecule has 0 aromatic heterocycles. The molecule has 1 aliphatic rings. The molecule has 4 nitrogen and oxygen atoms in total. The maximum absolute atomic E-state index is 12.6. The standard InChI is InChI=1S/C15H21NO3S/c1-11-8-9-13(20(3,18)19)10-14(11)15(17)16(2)12-6-4-5-7-12/h8-10,12H,4-7H2,1-3H3. The Morgan fingerprint density at radius 2 is 1.85 bits per heavy atom. The molecular formula is C15H21NO3S. The molecule has 0 unspecified atom stereocenters. The van der Waals surface area contributed by atoms with E-state index in [4.69, 9.17) is 0 Å². The first kappa shape index (κ1) is 15.0. The minimum Gasteiger partial charge on any atom is -0.339 e. The molecule has 1 amide bonds. The highest BCUT2D eigenvalue weighted by Crippen LogP contribution is 2.25. The Balaban J connectivity index is 2.33. The average Bonchev–Trinajstić information content (AvgIpc) is 2.90. The zero-order chi connectivity index (χ0) is 14.9. The second-order valence-corrected chi connectivity index (χ2v) is 7.62. The van der Waals surface area contributed by atoms with Crippen LogP contribution in [0.3, 0.4) is 0 Å². The lowest BCUT2D eigenvalue weighted by atomic mass is 10.1. The molecule has 20 heavy (non-hydrogen) atoms. The van der Waals surface area contributed by atoms with Crippen molar-refractivity contribution in [2.75, 3.05) is 13.3 Å². The van der Waals surface area contributed by atoms with Crippen LogP contribution in [0.2, 0.25) is 0 Å². The molecule has 1 aliphatic carbocycles. The molecule has 0 spiro atoms. The van der Waals surface area contributed by atoms with Gasteiger partial charge in [0.25, 0.3) is 5.91 Å². The third-order valence-electron chi connectivity index (χ3n) is 4.06. The second-order valence-electron chi connectivity index (χ2n) is 5.60. The fourth-order valence-electron chi connectivity index (χ4n) is 2.71. The normalized spacial score (nSPS) is 16.4. The SMILES string of the molecule is Cc1ccc(S(C)(=O)=O)cc1C(=O)N(C)C1CCCC1. The van der Waals surface area contributed by atoms with E-state index in [1.807, 2.05) is 14.0 Å². The first-order valence-corrected chi connectivity index (χ1v) is 8.77. The lowest BCUT2D eigenvalue weighted by Crippen LogP contribution is -2.35. The largest absolute Gasteiger partial charge is 0.339 e. The highest BCUT2D eigenvalue weighted by molar-refractivity contribution is 7.90. The van der Waals surface area contributed by atoms with Gasteiger partial charge >= 0.3 is 0 Å². The molecule has 0 bridgehead atoms. The topological polar surface area (TPSA) is 54.5 Å². The average molecular weight is 295 g/mol. The summed E-state index contributed by atoms with van der Waals surface area (Å²) in [6.45, 7) is 1.84. The Morgan fingerprint density at radius 3 is 2.40 bits per heavy atom. The number of benzene rings is 1. The highest BCUT2D eigenvalue weighted by atomic mass is 32.2. The first-order valence-electron chi connectivity index (χ1n) is 6.88. The number of carbonyl (C=O) groups excluding carboxylic acids is 1. The number of amides is 1. The minimum absolute atomic E-state index is 0.0834. The number of hydrogen-bond donors (Lipinski definition) is 0. The summed E-state index contributed by atoms with van der Waals surface area (Å²) in [6.07, 6.45) is 5.54. The molecule has 1 aromatic carbocycles. The predicted molar refractivity (Wildman–Crippen MR) is 78.6 cm³/mol. The number of sulfone groups is 1. The summed E-state index contributed by atoms with van der Waals surface area (Å²) < 4.78 is 23.2. The van der Waals surface area contributed by atoms with Gasteiger partial charge in [-0.1, -0.05) is 18.9 Å². The number of nitrogens with zero attached hydrogens (tertiary/aromatic N) is 1. The summed E-state index contributed by atoms with van der Waals surface area (Å²) in [5, 5.41) is 0. The molecule has 0 heterocycles. The quantitative estimate of drug-likeness (QED) is 0.860. The zero-order valence-electron chi connectivity index (χ0n) is 12.2. The monoisotopic (exact) mass is 295 g/mol. The smallest absolute Gasteiger partial charge is 0.254 e. The van der Waals surface area contributed by atoms with Crippen molar-refractivity contribution in [3.05, 3.63) is 29.3 Å². The van der Waals surface area contributed by atoms with Gasteiger partial charge in [0.05, 0.1) is 4.90 Å². The van der Waals surface area contributed by atoms with E-state index < -0.39 is 9.84 Å². The highest BCUT2D eigenvalue weighted by Gasteiger charge is 2.25. The Labute approximate surface area is 120 Å². The lowest BCUT2D eigenvalue weighted by molar-refractivity contribution is 0.0734. The van der Waals surface area contributed by atoms with Gasteiger partial charge < -0.3 is 4.90 Å². The van der Waals surface area contributed by atoms with E-state index in [1.165, 1.54) is 6.07 Å². The van der Waals surface area contributed by atoms with Gasteiger partial charge in [-0.25, -0.2) is 8.42 Å². The van der Waals surface area contributed by atoms with Gasteiger partial charge in [0.1, 0.15) is 0 Å². The number of carbonyl (C=O) groups is 1. The van der Waals surface area contributed by atoms with Crippen molar-refractivity contribution in [3.63, 3.8) is 0 Å². The van der Waals surface area contributed by atoms with E-state index in [1.54, 1.807) is 17.0 Å². The van der Waals surface area contributed by atoms with Crippen molar-refractivity contribution in [1.29, 1.82) is 0 Å². The molecule has 0 aliphatic heterocycles. The summed E-state index contributed by atoms with van der Waals surface area (Å²) in [6, 6.07) is 5.03. The third kappa shape index (κ3) is 3.03. The van der Waals surface area contributed by atoms with Crippen LogP contribution in [-0.2, 0) is 9.84 Å². The van der Waals surface area contributed by atoms with Gasteiger partial charge in [-0.15, -0.1) is 0 Å². The van der Waals surface area contributed by atoms with E-state index in [2.05, 4.69) is 0 Å². The van der Waals surface area contributed by atoms with Gasteiger partial charge in [0.15, 0.2) is 9.84 Å².